The predicted octanol–water partition coefficient (Wildman–Crippen LogP) is 5.64. The van der Waals surface area contributed by atoms with Crippen molar-refractivity contribution >= 4 is 23.1 Å². The molecule has 2 fully saturated rings. The first kappa shape index (κ1) is 29.5. The number of hydrogen-bond acceptors (Lipinski definition) is 6. The molecule has 0 unspecified atom stereocenters. The minimum absolute atomic E-state index is 0.300. The zero-order valence-electron chi connectivity index (χ0n) is 23.7. The molecule has 0 spiro atoms. The van der Waals surface area contributed by atoms with Gasteiger partial charge in [0, 0.05) is 36.5 Å². The number of allylic oxidation sites excluding steroid dienone is 1. The van der Waals surface area contributed by atoms with Gasteiger partial charge in [-0.3, -0.25) is 0 Å². The number of carbonyl (C=O) groups excluding carboxylic acids is 1. The van der Waals surface area contributed by atoms with E-state index in [0.717, 1.165) is 78.2 Å². The van der Waals surface area contributed by atoms with Crippen molar-refractivity contribution < 1.29 is 9.90 Å². The van der Waals surface area contributed by atoms with Crippen molar-refractivity contribution in [3.63, 3.8) is 0 Å². The van der Waals surface area contributed by atoms with Crippen LogP contribution in [0, 0.1) is 5.92 Å². The molecule has 7 nitrogen and oxygen atoms in total. The summed E-state index contributed by atoms with van der Waals surface area (Å²) in [5.41, 5.74) is 5.14. The second-order valence-electron chi connectivity index (χ2n) is 11.0. The van der Waals surface area contributed by atoms with Crippen LogP contribution in [0.4, 0.5) is 0 Å². The number of aromatic nitrogens is 3. The Morgan fingerprint density at radius 2 is 1.87 bits per heavy atom. The van der Waals surface area contributed by atoms with Gasteiger partial charge in [-0.25, -0.2) is 9.97 Å². The van der Waals surface area contributed by atoms with Gasteiger partial charge in [-0.2, -0.15) is 0 Å². The molecule has 38 heavy (non-hydrogen) atoms. The number of H-pyrrole nitrogens is 1. The Hall–Kier alpha value is -3.03. The summed E-state index contributed by atoms with van der Waals surface area (Å²) >= 11 is 0. The van der Waals surface area contributed by atoms with Crippen LogP contribution in [-0.2, 0) is 10.4 Å². The normalized spacial score (nSPS) is 17.3. The maximum absolute atomic E-state index is 10.6. The lowest BCUT2D eigenvalue weighted by Gasteiger charge is -2.36. The van der Waals surface area contributed by atoms with Crippen molar-refractivity contribution in [3.05, 3.63) is 65.6 Å². The predicted molar refractivity (Wildman–Crippen MR) is 156 cm³/mol. The molecular formula is C31H45N5O2. The van der Waals surface area contributed by atoms with Crippen LogP contribution in [0.5, 0.6) is 0 Å². The first-order valence-electron chi connectivity index (χ1n) is 14.0. The summed E-state index contributed by atoms with van der Waals surface area (Å²) in [4.78, 5) is 25.2. The number of piperidine rings is 1. The topological polar surface area (TPSA) is 94.1 Å². The van der Waals surface area contributed by atoms with Crippen LogP contribution in [0.2, 0.25) is 0 Å². The van der Waals surface area contributed by atoms with E-state index >= 15 is 0 Å². The lowest BCUT2D eigenvalue weighted by molar-refractivity contribution is -0.107. The number of aromatic amines is 1. The van der Waals surface area contributed by atoms with Gasteiger partial charge in [0.25, 0.3) is 0 Å². The average molecular weight is 520 g/mol. The van der Waals surface area contributed by atoms with Crippen molar-refractivity contribution in [3.8, 4) is 0 Å². The molecule has 0 atom stereocenters. The van der Waals surface area contributed by atoms with Crippen molar-refractivity contribution in [2.24, 2.45) is 5.92 Å². The highest BCUT2D eigenvalue weighted by molar-refractivity contribution is 5.87. The molecule has 0 bridgehead atoms. The molecule has 1 saturated carbocycles. The zero-order chi connectivity index (χ0) is 27.5. The van der Waals surface area contributed by atoms with E-state index in [-0.39, 0.29) is 0 Å². The fourth-order valence-electron chi connectivity index (χ4n) is 4.34. The number of aldehydes is 1. The molecule has 1 aliphatic heterocycles. The van der Waals surface area contributed by atoms with Gasteiger partial charge in [0.2, 0.25) is 0 Å². The second kappa shape index (κ2) is 14.2. The molecule has 7 heteroatoms. The van der Waals surface area contributed by atoms with Gasteiger partial charge in [-0.05, 0) is 50.6 Å². The number of rotatable bonds is 7. The fourth-order valence-corrected chi connectivity index (χ4v) is 4.34. The molecule has 3 N–H and O–H groups in total. The summed E-state index contributed by atoms with van der Waals surface area (Å²) in [7, 11) is 2.10. The van der Waals surface area contributed by atoms with E-state index in [1.807, 2.05) is 42.7 Å². The Morgan fingerprint density at radius 1 is 1.21 bits per heavy atom. The first-order chi connectivity index (χ1) is 18.3. The van der Waals surface area contributed by atoms with Crippen LogP contribution in [0.15, 0.2) is 48.8 Å². The Kier molecular flexibility index (Phi) is 11.0. The number of hydrogen-bond donors (Lipinski definition) is 3. The summed E-state index contributed by atoms with van der Waals surface area (Å²) < 4.78 is 0. The third kappa shape index (κ3) is 8.50. The molecular weight excluding hydrogens is 474 g/mol. The van der Waals surface area contributed by atoms with E-state index in [2.05, 4.69) is 61.0 Å². The molecule has 5 rings (SSSR count). The van der Waals surface area contributed by atoms with Crippen LogP contribution < -0.4 is 5.32 Å². The molecule has 1 saturated heterocycles. The minimum atomic E-state index is -0.590. The first-order valence-corrected chi connectivity index (χ1v) is 14.0. The number of nitrogens with zero attached hydrogens (tertiary/aromatic N) is 3. The van der Waals surface area contributed by atoms with Gasteiger partial charge in [0.1, 0.15) is 11.8 Å². The van der Waals surface area contributed by atoms with Crippen molar-refractivity contribution in [1.82, 2.24) is 25.2 Å². The van der Waals surface area contributed by atoms with E-state index in [4.69, 9.17) is 4.98 Å². The number of aliphatic hydroxyl groups is 1. The maximum atomic E-state index is 10.6. The zero-order valence-corrected chi connectivity index (χ0v) is 23.7. The third-order valence-electron chi connectivity index (χ3n) is 6.59. The van der Waals surface area contributed by atoms with Crippen LogP contribution in [0.3, 0.4) is 0 Å². The quantitative estimate of drug-likeness (QED) is 0.350. The Morgan fingerprint density at radius 3 is 2.45 bits per heavy atom. The van der Waals surface area contributed by atoms with E-state index in [0.29, 0.717) is 12.5 Å². The SMILES string of the molecule is CC(C)C.CC/C=C(/NCC=O)c1c[nH]c2ncc(C3CC3)nc12.CN1CCC(O)(c2ccccc2)CC1. The Bertz CT molecular complexity index is 1160. The van der Waals surface area contributed by atoms with E-state index in [1.165, 1.54) is 12.8 Å². The van der Waals surface area contributed by atoms with Crippen LogP contribution >= 0.6 is 0 Å². The van der Waals surface area contributed by atoms with Crippen molar-refractivity contribution in [2.45, 2.75) is 71.3 Å². The summed E-state index contributed by atoms with van der Waals surface area (Å²) in [5, 5.41) is 13.6. The number of fused-ring (bicyclic) bond motifs is 1. The van der Waals surface area contributed by atoms with E-state index < -0.39 is 5.60 Å². The third-order valence-corrected chi connectivity index (χ3v) is 6.59. The molecule has 0 radical (unpaired) electrons. The number of likely N-dealkylation sites (tertiary alicyclic amines) is 1. The number of carbonyl (C=O) groups is 1. The lowest BCUT2D eigenvalue weighted by Crippen LogP contribution is -2.40. The molecule has 2 aliphatic rings. The van der Waals surface area contributed by atoms with Crippen molar-refractivity contribution in [1.29, 1.82) is 0 Å². The second-order valence-corrected chi connectivity index (χ2v) is 11.0. The average Bonchev–Trinajstić information content (AvgIpc) is 3.68. The Balaban J connectivity index is 0.000000194. The molecule has 3 aromatic rings. The summed E-state index contributed by atoms with van der Waals surface area (Å²) in [6.07, 6.45) is 11.7. The maximum Gasteiger partial charge on any atom is 0.156 e. The number of nitrogens with one attached hydrogen (secondary N) is 2. The van der Waals surface area contributed by atoms with Gasteiger partial charge >= 0.3 is 0 Å². The standard InChI is InChI=1S/C15H18N4O.C12H17NO.C4H10/c1-2-3-12(16-6-7-20)11-8-17-15-14(11)19-13(9-18-15)10-4-5-10;1-13-9-7-12(14,8-10-13)11-5-3-2-4-6-11;1-4(2)3/h3,7-10,16H,2,4-6H2,1H3,(H,17,18);2-6,14H,7-10H2,1H3;4H,1-3H3/b12-3+;;. The fraction of sp³-hybridized carbons (Fsp3) is 0.516. The highest BCUT2D eigenvalue weighted by Crippen LogP contribution is 2.39. The van der Waals surface area contributed by atoms with Gasteiger partial charge in [-0.1, -0.05) is 64.1 Å². The van der Waals surface area contributed by atoms with Crippen LogP contribution in [0.1, 0.15) is 82.5 Å². The highest BCUT2D eigenvalue weighted by atomic mass is 16.3. The summed E-state index contributed by atoms with van der Waals surface area (Å²) in [6, 6.07) is 10.0. The van der Waals surface area contributed by atoms with E-state index in [9.17, 15) is 9.90 Å². The minimum Gasteiger partial charge on any atom is -0.385 e. The van der Waals surface area contributed by atoms with Crippen molar-refractivity contribution in [2.75, 3.05) is 26.7 Å². The number of benzene rings is 1. The molecule has 0 amide bonds. The molecule has 2 aromatic heterocycles. The van der Waals surface area contributed by atoms with Gasteiger partial charge in [-0.15, -0.1) is 0 Å². The monoisotopic (exact) mass is 519 g/mol. The van der Waals surface area contributed by atoms with Crippen LogP contribution in [-0.4, -0.2) is 57.9 Å². The molecule has 3 heterocycles. The highest BCUT2D eigenvalue weighted by Gasteiger charge is 2.32. The molecule has 206 valence electrons. The van der Waals surface area contributed by atoms with Gasteiger partial charge in [0.15, 0.2) is 5.65 Å². The van der Waals surface area contributed by atoms with Crippen LogP contribution in [0.25, 0.3) is 16.9 Å². The molecule has 1 aromatic carbocycles. The largest absolute Gasteiger partial charge is 0.385 e. The van der Waals surface area contributed by atoms with Gasteiger partial charge < -0.3 is 25.1 Å². The van der Waals surface area contributed by atoms with E-state index in [1.54, 1.807) is 0 Å². The molecule has 1 aliphatic carbocycles. The lowest BCUT2D eigenvalue weighted by atomic mass is 9.85. The smallest absolute Gasteiger partial charge is 0.156 e. The summed E-state index contributed by atoms with van der Waals surface area (Å²) in [6.45, 7) is 10.8. The summed E-state index contributed by atoms with van der Waals surface area (Å²) in [5.74, 6) is 1.41. The van der Waals surface area contributed by atoms with Gasteiger partial charge in [0.05, 0.1) is 24.0 Å². The Labute approximate surface area is 227 Å².